The minimum Gasteiger partial charge on any atom is -0.378 e. The van der Waals surface area contributed by atoms with Gasteiger partial charge in [0.25, 0.3) is 0 Å². The van der Waals surface area contributed by atoms with Crippen LogP contribution in [0.5, 0.6) is 0 Å². The SMILES string of the molecule is NC1C(=O)Nc2cc(N3CCOCC3)ccc21. The van der Waals surface area contributed by atoms with Crippen LogP contribution < -0.4 is 16.0 Å². The second-order valence-corrected chi connectivity index (χ2v) is 4.34. The molecule has 1 fully saturated rings. The number of amides is 1. The number of rotatable bonds is 1. The summed E-state index contributed by atoms with van der Waals surface area (Å²) in [7, 11) is 0. The molecule has 1 saturated heterocycles. The lowest BCUT2D eigenvalue weighted by Gasteiger charge is -2.29. The van der Waals surface area contributed by atoms with Gasteiger partial charge in [-0.05, 0) is 12.1 Å². The first-order valence-electron chi connectivity index (χ1n) is 5.79. The number of benzene rings is 1. The van der Waals surface area contributed by atoms with E-state index in [-0.39, 0.29) is 5.91 Å². The minimum absolute atomic E-state index is 0.126. The average Bonchev–Trinajstić information content (AvgIpc) is 2.66. The Morgan fingerprint density at radius 1 is 1.35 bits per heavy atom. The Labute approximate surface area is 99.5 Å². The molecule has 1 aromatic rings. The van der Waals surface area contributed by atoms with Crippen molar-refractivity contribution in [2.75, 3.05) is 36.5 Å². The van der Waals surface area contributed by atoms with E-state index in [1.165, 1.54) is 0 Å². The van der Waals surface area contributed by atoms with Crippen LogP contribution in [0.15, 0.2) is 18.2 Å². The molecule has 2 aliphatic rings. The molecular weight excluding hydrogens is 218 g/mol. The number of fused-ring (bicyclic) bond motifs is 1. The van der Waals surface area contributed by atoms with Crippen molar-refractivity contribution in [2.24, 2.45) is 5.73 Å². The van der Waals surface area contributed by atoms with E-state index in [2.05, 4.69) is 10.2 Å². The molecule has 0 radical (unpaired) electrons. The third kappa shape index (κ3) is 1.77. The average molecular weight is 233 g/mol. The van der Waals surface area contributed by atoms with Gasteiger partial charge in [-0.3, -0.25) is 4.79 Å². The minimum atomic E-state index is -0.524. The van der Waals surface area contributed by atoms with Crippen molar-refractivity contribution in [3.8, 4) is 0 Å². The first-order valence-corrected chi connectivity index (χ1v) is 5.79. The maximum atomic E-state index is 11.4. The van der Waals surface area contributed by atoms with E-state index in [0.717, 1.165) is 43.2 Å². The van der Waals surface area contributed by atoms with Gasteiger partial charge in [-0.15, -0.1) is 0 Å². The number of anilines is 2. The lowest BCUT2D eigenvalue weighted by molar-refractivity contribution is -0.116. The first-order chi connectivity index (χ1) is 8.25. The number of morpholine rings is 1. The van der Waals surface area contributed by atoms with E-state index in [1.807, 2.05) is 18.2 Å². The van der Waals surface area contributed by atoms with Crippen LogP contribution in [0.1, 0.15) is 11.6 Å². The number of hydrogen-bond acceptors (Lipinski definition) is 4. The molecule has 0 aliphatic carbocycles. The summed E-state index contributed by atoms with van der Waals surface area (Å²) < 4.78 is 5.32. The third-order valence-electron chi connectivity index (χ3n) is 3.29. The predicted octanol–water partition coefficient (Wildman–Crippen LogP) is 0.475. The van der Waals surface area contributed by atoms with Gasteiger partial charge < -0.3 is 20.7 Å². The monoisotopic (exact) mass is 233 g/mol. The quantitative estimate of drug-likeness (QED) is 0.740. The van der Waals surface area contributed by atoms with Crippen LogP contribution >= 0.6 is 0 Å². The Bertz CT molecular complexity index is 455. The van der Waals surface area contributed by atoms with E-state index in [9.17, 15) is 4.79 Å². The fourth-order valence-electron chi connectivity index (χ4n) is 2.29. The summed E-state index contributed by atoms with van der Waals surface area (Å²) in [5, 5.41) is 2.80. The highest BCUT2D eigenvalue weighted by molar-refractivity contribution is 6.02. The largest absolute Gasteiger partial charge is 0.378 e. The van der Waals surface area contributed by atoms with Crippen molar-refractivity contribution >= 4 is 17.3 Å². The lowest BCUT2D eigenvalue weighted by Crippen LogP contribution is -2.36. The Morgan fingerprint density at radius 3 is 2.88 bits per heavy atom. The molecule has 90 valence electrons. The molecule has 5 heteroatoms. The van der Waals surface area contributed by atoms with Gasteiger partial charge in [0.1, 0.15) is 6.04 Å². The topological polar surface area (TPSA) is 67.6 Å². The molecule has 17 heavy (non-hydrogen) atoms. The van der Waals surface area contributed by atoms with Gasteiger partial charge in [-0.2, -0.15) is 0 Å². The summed E-state index contributed by atoms with van der Waals surface area (Å²) in [5.74, 6) is -0.126. The number of nitrogens with two attached hydrogens (primary N) is 1. The van der Waals surface area contributed by atoms with Gasteiger partial charge >= 0.3 is 0 Å². The molecule has 5 nitrogen and oxygen atoms in total. The first kappa shape index (κ1) is 10.6. The Morgan fingerprint density at radius 2 is 2.12 bits per heavy atom. The van der Waals surface area contributed by atoms with Gasteiger partial charge in [0.15, 0.2) is 0 Å². The van der Waals surface area contributed by atoms with Gasteiger partial charge in [0.05, 0.1) is 13.2 Å². The third-order valence-corrected chi connectivity index (χ3v) is 3.29. The van der Waals surface area contributed by atoms with E-state index in [1.54, 1.807) is 0 Å². The van der Waals surface area contributed by atoms with Crippen LogP contribution in [0.25, 0.3) is 0 Å². The fourth-order valence-corrected chi connectivity index (χ4v) is 2.29. The van der Waals surface area contributed by atoms with Crippen LogP contribution in [0.4, 0.5) is 11.4 Å². The van der Waals surface area contributed by atoms with Crippen molar-refractivity contribution in [1.29, 1.82) is 0 Å². The molecule has 0 saturated carbocycles. The summed E-state index contributed by atoms with van der Waals surface area (Å²) in [6.45, 7) is 3.28. The van der Waals surface area contributed by atoms with Crippen molar-refractivity contribution in [3.05, 3.63) is 23.8 Å². The van der Waals surface area contributed by atoms with Crippen LogP contribution in [0.2, 0.25) is 0 Å². The fraction of sp³-hybridized carbons (Fsp3) is 0.417. The lowest BCUT2D eigenvalue weighted by atomic mass is 10.1. The van der Waals surface area contributed by atoms with Crippen LogP contribution in [-0.2, 0) is 9.53 Å². The van der Waals surface area contributed by atoms with Gasteiger partial charge in [-0.25, -0.2) is 0 Å². The molecule has 1 amide bonds. The number of carbonyl (C=O) groups excluding carboxylic acids is 1. The molecule has 3 N–H and O–H groups in total. The Balaban J connectivity index is 1.89. The Kier molecular flexibility index (Phi) is 2.49. The predicted molar refractivity (Wildman–Crippen MR) is 65.0 cm³/mol. The molecule has 2 heterocycles. The summed E-state index contributed by atoms with van der Waals surface area (Å²) in [6.07, 6.45) is 0. The summed E-state index contributed by atoms with van der Waals surface area (Å²) >= 11 is 0. The van der Waals surface area contributed by atoms with Crippen LogP contribution in [0.3, 0.4) is 0 Å². The summed E-state index contributed by atoms with van der Waals surface area (Å²) in [5.41, 5.74) is 8.61. The summed E-state index contributed by atoms with van der Waals surface area (Å²) in [4.78, 5) is 13.7. The number of nitrogens with one attached hydrogen (secondary N) is 1. The van der Waals surface area contributed by atoms with Gasteiger partial charge in [-0.1, -0.05) is 6.07 Å². The van der Waals surface area contributed by atoms with Crippen LogP contribution in [0, 0.1) is 0 Å². The zero-order chi connectivity index (χ0) is 11.8. The molecule has 1 aromatic carbocycles. The van der Waals surface area contributed by atoms with Gasteiger partial charge in [0, 0.05) is 30.0 Å². The number of hydrogen-bond donors (Lipinski definition) is 2. The highest BCUT2D eigenvalue weighted by Gasteiger charge is 2.27. The smallest absolute Gasteiger partial charge is 0.245 e. The molecule has 0 aromatic heterocycles. The van der Waals surface area contributed by atoms with E-state index >= 15 is 0 Å². The molecule has 0 spiro atoms. The van der Waals surface area contributed by atoms with E-state index in [0.29, 0.717) is 0 Å². The van der Waals surface area contributed by atoms with Crippen LogP contribution in [-0.4, -0.2) is 32.2 Å². The number of ether oxygens (including phenoxy) is 1. The maximum absolute atomic E-state index is 11.4. The van der Waals surface area contributed by atoms with Crippen molar-refractivity contribution in [3.63, 3.8) is 0 Å². The number of carbonyl (C=O) groups is 1. The molecule has 1 unspecified atom stereocenters. The number of nitrogens with zero attached hydrogens (tertiary/aromatic N) is 1. The normalized spacial score (nSPS) is 23.5. The molecule has 2 aliphatic heterocycles. The van der Waals surface area contributed by atoms with Gasteiger partial charge in [0.2, 0.25) is 5.91 Å². The second kappa shape index (κ2) is 4.01. The van der Waals surface area contributed by atoms with Crippen molar-refractivity contribution in [1.82, 2.24) is 0 Å². The highest BCUT2D eigenvalue weighted by Crippen LogP contribution is 2.32. The maximum Gasteiger partial charge on any atom is 0.245 e. The second-order valence-electron chi connectivity index (χ2n) is 4.34. The van der Waals surface area contributed by atoms with Crippen molar-refractivity contribution < 1.29 is 9.53 Å². The zero-order valence-corrected chi connectivity index (χ0v) is 9.48. The van der Waals surface area contributed by atoms with E-state index < -0.39 is 6.04 Å². The molecular formula is C12H15N3O2. The zero-order valence-electron chi connectivity index (χ0n) is 9.48. The standard InChI is InChI=1S/C12H15N3O2/c13-11-9-2-1-8(7-10(9)14-12(11)16)15-3-5-17-6-4-15/h1-2,7,11H,3-6,13H2,(H,14,16). The molecule has 0 bridgehead atoms. The van der Waals surface area contributed by atoms with Crippen molar-refractivity contribution in [2.45, 2.75) is 6.04 Å². The Hall–Kier alpha value is -1.59. The van der Waals surface area contributed by atoms with E-state index in [4.69, 9.17) is 10.5 Å². The summed E-state index contributed by atoms with van der Waals surface area (Å²) in [6, 6.07) is 5.42. The molecule has 3 rings (SSSR count). The highest BCUT2D eigenvalue weighted by atomic mass is 16.5. The molecule has 1 atom stereocenters.